The van der Waals surface area contributed by atoms with Crippen molar-refractivity contribution in [1.29, 1.82) is 0 Å². The van der Waals surface area contributed by atoms with Crippen LogP contribution >= 0.6 is 0 Å². The van der Waals surface area contributed by atoms with E-state index in [0.29, 0.717) is 13.0 Å². The molecule has 0 spiro atoms. The average molecular weight is 521 g/mol. The van der Waals surface area contributed by atoms with Crippen LogP contribution in [0.4, 0.5) is 0 Å². The third-order valence-corrected chi connectivity index (χ3v) is 12.5. The minimum Gasteiger partial charge on any atom is -0.404 e. The van der Waals surface area contributed by atoms with Crippen molar-refractivity contribution in [3.8, 4) is 0 Å². The third-order valence-electron chi connectivity index (χ3n) is 6.14. The molecule has 0 amide bonds. The lowest BCUT2D eigenvalue weighted by molar-refractivity contribution is 0.322. The molecule has 0 radical (unpaired) electrons. The van der Waals surface area contributed by atoms with Crippen LogP contribution < -0.4 is 10.4 Å². The van der Waals surface area contributed by atoms with Gasteiger partial charge in [0.05, 0.1) is 18.1 Å². The largest absolute Gasteiger partial charge is 0.404 e. The van der Waals surface area contributed by atoms with Crippen molar-refractivity contribution >= 4 is 28.8 Å². The number of hydrogen-bond acceptors (Lipinski definition) is 4. The van der Waals surface area contributed by atoms with Crippen molar-refractivity contribution in [2.24, 2.45) is 0 Å². The smallest absolute Gasteiger partial charge is 0.296 e. The Morgan fingerprint density at radius 2 is 1.42 bits per heavy atom. The Kier molecular flexibility index (Phi) is 9.25. The van der Waals surface area contributed by atoms with Crippen molar-refractivity contribution in [3.05, 3.63) is 115 Å². The van der Waals surface area contributed by atoms with Crippen LogP contribution in [-0.2, 0) is 18.7 Å². The minimum absolute atomic E-state index is 0.0367. The van der Waals surface area contributed by atoms with Crippen molar-refractivity contribution in [3.63, 3.8) is 0 Å². The zero-order valence-electron chi connectivity index (χ0n) is 21.6. The molecule has 0 N–H and O–H groups in total. The topological polar surface area (TPSA) is 52.6 Å². The maximum absolute atomic E-state index is 12.4. The highest BCUT2D eigenvalue weighted by molar-refractivity contribution is 7.86. The van der Waals surface area contributed by atoms with E-state index >= 15 is 0 Å². The van der Waals surface area contributed by atoms with Crippen LogP contribution in [0.2, 0.25) is 5.04 Å². The molecule has 0 aliphatic heterocycles. The molecule has 3 aromatic rings. The molecule has 190 valence electrons. The molecule has 3 rings (SSSR count). The Hall–Kier alpha value is -2.77. The number of rotatable bonds is 11. The lowest BCUT2D eigenvalue weighted by Gasteiger charge is -2.42. The summed E-state index contributed by atoms with van der Waals surface area (Å²) in [4.78, 5) is 0.160. The van der Waals surface area contributed by atoms with Crippen molar-refractivity contribution in [2.75, 3.05) is 13.2 Å². The average Bonchev–Trinajstić information content (AvgIpc) is 2.84. The van der Waals surface area contributed by atoms with E-state index in [0.717, 1.165) is 11.1 Å². The zero-order chi connectivity index (χ0) is 26.2. The minimum atomic E-state index is -3.78. The van der Waals surface area contributed by atoms with E-state index in [1.54, 1.807) is 24.3 Å². The summed E-state index contributed by atoms with van der Waals surface area (Å²) in [6.07, 6.45) is 4.25. The summed E-state index contributed by atoms with van der Waals surface area (Å²) < 4.78 is 36.8. The van der Waals surface area contributed by atoms with Gasteiger partial charge in [-0.3, -0.25) is 4.18 Å². The van der Waals surface area contributed by atoms with Gasteiger partial charge in [-0.15, -0.1) is 0 Å². The molecule has 36 heavy (non-hydrogen) atoms. The van der Waals surface area contributed by atoms with Gasteiger partial charge < -0.3 is 4.43 Å². The Bertz CT molecular complexity index is 1220. The molecule has 0 fully saturated rings. The molecular weight excluding hydrogens is 484 g/mol. The van der Waals surface area contributed by atoms with Crippen LogP contribution in [0.25, 0.3) is 0 Å². The first-order valence-electron chi connectivity index (χ1n) is 12.1. The van der Waals surface area contributed by atoms with Gasteiger partial charge in [-0.1, -0.05) is 123 Å². The molecule has 0 aromatic heterocycles. The summed E-state index contributed by atoms with van der Waals surface area (Å²) in [6, 6.07) is 27.6. The van der Waals surface area contributed by atoms with Gasteiger partial charge in [0.2, 0.25) is 0 Å². The summed E-state index contributed by atoms with van der Waals surface area (Å²) in [5.41, 5.74) is 1.77. The predicted molar refractivity (Wildman–Crippen MR) is 151 cm³/mol. The molecule has 0 saturated heterocycles. The van der Waals surface area contributed by atoms with E-state index in [9.17, 15) is 8.42 Å². The van der Waals surface area contributed by atoms with Crippen LogP contribution in [0.15, 0.2) is 114 Å². The van der Waals surface area contributed by atoms with Crippen molar-refractivity contribution in [1.82, 2.24) is 0 Å². The highest BCUT2D eigenvalue weighted by atomic mass is 32.2. The van der Waals surface area contributed by atoms with E-state index in [4.69, 9.17) is 8.61 Å². The summed E-state index contributed by atoms with van der Waals surface area (Å²) in [7, 11) is -6.38. The highest BCUT2D eigenvalue weighted by Crippen LogP contribution is 2.36. The van der Waals surface area contributed by atoms with Crippen LogP contribution in [0.1, 0.15) is 32.8 Å². The number of hydrogen-bond donors (Lipinski definition) is 0. The highest BCUT2D eigenvalue weighted by Gasteiger charge is 2.49. The fraction of sp³-hybridized carbons (Fsp3) is 0.267. The second kappa shape index (κ2) is 12.0. The molecule has 0 unspecified atom stereocenters. The quantitative estimate of drug-likeness (QED) is 0.183. The number of aryl methyl sites for hydroxylation is 1. The first-order chi connectivity index (χ1) is 17.1. The van der Waals surface area contributed by atoms with Gasteiger partial charge in [0, 0.05) is 0 Å². The molecular formula is C30H36O4SSi. The Labute approximate surface area is 217 Å². The molecule has 0 bridgehead atoms. The van der Waals surface area contributed by atoms with Gasteiger partial charge in [0.1, 0.15) is 0 Å². The molecule has 0 aliphatic rings. The predicted octanol–water partition coefficient (Wildman–Crippen LogP) is 5.78. The molecule has 6 heteroatoms. The molecule has 4 nitrogen and oxygen atoms in total. The first-order valence-corrected chi connectivity index (χ1v) is 15.4. The summed E-state index contributed by atoms with van der Waals surface area (Å²) in [5, 5.41) is 2.36. The number of allylic oxidation sites excluding steroid dienone is 1. The molecule has 0 saturated carbocycles. The summed E-state index contributed by atoms with van der Waals surface area (Å²) in [5.74, 6) is 0. The Morgan fingerprint density at radius 3 is 1.92 bits per heavy atom. The third kappa shape index (κ3) is 6.71. The second-order valence-corrected chi connectivity index (χ2v) is 15.8. The maximum Gasteiger partial charge on any atom is 0.296 e. The van der Waals surface area contributed by atoms with Crippen molar-refractivity contribution in [2.45, 2.75) is 44.0 Å². The SMILES string of the molecule is C=C(/C=C\CO[Si](c1ccccc1)(c1ccccc1)C(C)(C)C)CCOS(=O)(=O)c1ccc(C)cc1. The van der Waals surface area contributed by atoms with Gasteiger partial charge in [-0.2, -0.15) is 8.42 Å². The Balaban J connectivity index is 1.66. The van der Waals surface area contributed by atoms with E-state index in [2.05, 4.69) is 75.9 Å². The maximum atomic E-state index is 12.4. The van der Waals surface area contributed by atoms with Crippen molar-refractivity contribution < 1.29 is 17.0 Å². The molecule has 0 aliphatic carbocycles. The zero-order valence-corrected chi connectivity index (χ0v) is 23.4. The molecule has 0 heterocycles. The number of benzene rings is 3. The van der Waals surface area contributed by atoms with Gasteiger partial charge in [0.15, 0.2) is 0 Å². The first kappa shape index (κ1) is 27.8. The van der Waals surface area contributed by atoms with Crippen LogP contribution in [0.3, 0.4) is 0 Å². The second-order valence-electron chi connectivity index (χ2n) is 9.87. The van der Waals surface area contributed by atoms with E-state index in [1.165, 1.54) is 10.4 Å². The van der Waals surface area contributed by atoms with Gasteiger partial charge in [-0.25, -0.2) is 0 Å². The lowest BCUT2D eigenvalue weighted by Crippen LogP contribution is -2.66. The van der Waals surface area contributed by atoms with E-state index < -0.39 is 18.4 Å². The molecule has 3 aromatic carbocycles. The van der Waals surface area contributed by atoms with E-state index in [-0.39, 0.29) is 16.5 Å². The Morgan fingerprint density at radius 1 is 0.889 bits per heavy atom. The van der Waals surface area contributed by atoms with E-state index in [1.807, 2.05) is 31.2 Å². The fourth-order valence-electron chi connectivity index (χ4n) is 4.29. The van der Waals surface area contributed by atoms with Crippen LogP contribution in [0, 0.1) is 6.92 Å². The van der Waals surface area contributed by atoms with Crippen LogP contribution in [-0.4, -0.2) is 29.9 Å². The standard InChI is InChI=1S/C30H36O4SSi/c1-25(22-24-33-35(31,32)27-20-18-26(2)19-21-27)13-12-23-34-36(30(3,4)5,28-14-8-6-9-15-28)29-16-10-7-11-17-29/h6-21H,1,22-24H2,2-5H3/b13-12-. The summed E-state index contributed by atoms with van der Waals surface area (Å²) in [6.45, 7) is 13.2. The van der Waals surface area contributed by atoms with Gasteiger partial charge in [-0.05, 0) is 40.9 Å². The van der Waals surface area contributed by atoms with Crippen LogP contribution in [0.5, 0.6) is 0 Å². The molecule has 0 atom stereocenters. The normalized spacial score (nSPS) is 12.7. The summed E-state index contributed by atoms with van der Waals surface area (Å²) >= 11 is 0. The van der Waals surface area contributed by atoms with Gasteiger partial charge >= 0.3 is 0 Å². The lowest BCUT2D eigenvalue weighted by atomic mass is 10.2. The monoisotopic (exact) mass is 520 g/mol. The fourth-order valence-corrected chi connectivity index (χ4v) is 9.70. The van der Waals surface area contributed by atoms with Gasteiger partial charge in [0.25, 0.3) is 18.4 Å².